The van der Waals surface area contributed by atoms with E-state index in [1.807, 2.05) is 12.1 Å². The van der Waals surface area contributed by atoms with Crippen LogP contribution < -0.4 is 10.1 Å². The van der Waals surface area contributed by atoms with Crippen LogP contribution in [0.4, 0.5) is 0 Å². The van der Waals surface area contributed by atoms with E-state index in [4.69, 9.17) is 4.74 Å². The minimum atomic E-state index is -0.0566. The zero-order valence-electron chi connectivity index (χ0n) is 11.5. The third kappa shape index (κ3) is 3.96. The lowest BCUT2D eigenvalue weighted by molar-refractivity contribution is 0.0949. The van der Waals surface area contributed by atoms with Crippen molar-refractivity contribution in [1.82, 2.24) is 10.2 Å². The molecule has 1 aromatic rings. The number of para-hydroxylation sites is 1. The Labute approximate surface area is 114 Å². The highest BCUT2D eigenvalue weighted by Gasteiger charge is 2.12. The molecule has 104 valence electrons. The molecule has 0 aromatic heterocycles. The van der Waals surface area contributed by atoms with Gasteiger partial charge in [-0.2, -0.15) is 0 Å². The van der Waals surface area contributed by atoms with Crippen molar-refractivity contribution in [2.75, 3.05) is 33.3 Å². The normalized spacial score (nSPS) is 15.4. The Morgan fingerprint density at radius 1 is 1.32 bits per heavy atom. The van der Waals surface area contributed by atoms with Gasteiger partial charge in [0.15, 0.2) is 0 Å². The minimum absolute atomic E-state index is 0.0566. The van der Waals surface area contributed by atoms with Gasteiger partial charge < -0.3 is 15.0 Å². The first-order chi connectivity index (χ1) is 9.31. The van der Waals surface area contributed by atoms with Crippen LogP contribution in [0.2, 0.25) is 0 Å². The van der Waals surface area contributed by atoms with Crippen molar-refractivity contribution in [3.63, 3.8) is 0 Å². The topological polar surface area (TPSA) is 41.6 Å². The van der Waals surface area contributed by atoms with Crippen LogP contribution in [0.25, 0.3) is 0 Å². The fourth-order valence-corrected chi connectivity index (χ4v) is 2.44. The van der Waals surface area contributed by atoms with E-state index in [0.717, 1.165) is 13.0 Å². The third-order valence-electron chi connectivity index (χ3n) is 3.49. The zero-order valence-corrected chi connectivity index (χ0v) is 11.5. The summed E-state index contributed by atoms with van der Waals surface area (Å²) in [5.41, 5.74) is 0.603. The number of methoxy groups -OCH3 is 1. The van der Waals surface area contributed by atoms with Gasteiger partial charge in [-0.3, -0.25) is 4.79 Å². The molecule has 4 nitrogen and oxygen atoms in total. The fraction of sp³-hybridized carbons (Fsp3) is 0.533. The molecule has 0 radical (unpaired) electrons. The number of ether oxygens (including phenoxy) is 1. The molecule has 19 heavy (non-hydrogen) atoms. The van der Waals surface area contributed by atoms with Crippen molar-refractivity contribution in [2.24, 2.45) is 0 Å². The molecule has 0 aliphatic carbocycles. The second kappa shape index (κ2) is 7.14. The Bertz CT molecular complexity index is 414. The van der Waals surface area contributed by atoms with E-state index in [0.29, 0.717) is 17.9 Å². The summed E-state index contributed by atoms with van der Waals surface area (Å²) in [5, 5.41) is 2.95. The Morgan fingerprint density at radius 3 is 2.79 bits per heavy atom. The Kier molecular flexibility index (Phi) is 5.21. The number of carbonyl (C=O) groups is 1. The standard InChI is InChI=1S/C15H22N2O2/c1-19-14-8-3-2-7-13(14)15(18)16-9-6-12-17-10-4-5-11-17/h2-3,7-8H,4-6,9-12H2,1H3,(H,16,18). The number of rotatable bonds is 6. The first-order valence-electron chi connectivity index (χ1n) is 6.95. The molecule has 4 heteroatoms. The SMILES string of the molecule is COc1ccccc1C(=O)NCCCN1CCCC1. The number of nitrogens with zero attached hydrogens (tertiary/aromatic N) is 1. The summed E-state index contributed by atoms with van der Waals surface area (Å²) < 4.78 is 5.18. The summed E-state index contributed by atoms with van der Waals surface area (Å²) in [6, 6.07) is 7.30. The summed E-state index contributed by atoms with van der Waals surface area (Å²) in [4.78, 5) is 14.5. The van der Waals surface area contributed by atoms with E-state index in [2.05, 4.69) is 10.2 Å². The number of benzene rings is 1. The van der Waals surface area contributed by atoms with Crippen LogP contribution in [0, 0.1) is 0 Å². The molecule has 1 N–H and O–H groups in total. The minimum Gasteiger partial charge on any atom is -0.496 e. The van der Waals surface area contributed by atoms with Gasteiger partial charge in [-0.05, 0) is 51.0 Å². The quantitative estimate of drug-likeness (QED) is 0.796. The van der Waals surface area contributed by atoms with Crippen LogP contribution in [-0.2, 0) is 0 Å². The van der Waals surface area contributed by atoms with E-state index < -0.39 is 0 Å². The van der Waals surface area contributed by atoms with Crippen molar-refractivity contribution in [1.29, 1.82) is 0 Å². The van der Waals surface area contributed by atoms with Crippen molar-refractivity contribution in [3.8, 4) is 5.75 Å². The molecular formula is C15H22N2O2. The average Bonchev–Trinajstić information content (AvgIpc) is 2.96. The van der Waals surface area contributed by atoms with Gasteiger partial charge in [0, 0.05) is 6.54 Å². The zero-order chi connectivity index (χ0) is 13.5. The lowest BCUT2D eigenvalue weighted by Crippen LogP contribution is -2.28. The molecule has 1 saturated heterocycles. The van der Waals surface area contributed by atoms with Crippen LogP contribution in [0.1, 0.15) is 29.6 Å². The molecule has 1 fully saturated rings. The van der Waals surface area contributed by atoms with Gasteiger partial charge in [-0.1, -0.05) is 12.1 Å². The van der Waals surface area contributed by atoms with E-state index >= 15 is 0 Å². The van der Waals surface area contributed by atoms with E-state index in [9.17, 15) is 4.79 Å². The molecule has 0 unspecified atom stereocenters. The van der Waals surface area contributed by atoms with Crippen molar-refractivity contribution in [3.05, 3.63) is 29.8 Å². The lowest BCUT2D eigenvalue weighted by atomic mass is 10.2. The van der Waals surface area contributed by atoms with Crippen LogP contribution in [0.5, 0.6) is 5.75 Å². The third-order valence-corrected chi connectivity index (χ3v) is 3.49. The molecule has 1 aromatic carbocycles. The molecule has 2 rings (SSSR count). The Morgan fingerprint density at radius 2 is 2.05 bits per heavy atom. The van der Waals surface area contributed by atoms with Gasteiger partial charge in [0.2, 0.25) is 0 Å². The van der Waals surface area contributed by atoms with Crippen LogP contribution >= 0.6 is 0 Å². The van der Waals surface area contributed by atoms with Crippen molar-refractivity contribution in [2.45, 2.75) is 19.3 Å². The number of nitrogens with one attached hydrogen (secondary N) is 1. The molecule has 0 spiro atoms. The number of likely N-dealkylation sites (tertiary alicyclic amines) is 1. The monoisotopic (exact) mass is 262 g/mol. The Balaban J connectivity index is 1.74. The number of hydrogen-bond donors (Lipinski definition) is 1. The summed E-state index contributed by atoms with van der Waals surface area (Å²) in [6.07, 6.45) is 3.63. The van der Waals surface area contributed by atoms with E-state index in [-0.39, 0.29) is 5.91 Å². The largest absolute Gasteiger partial charge is 0.496 e. The average molecular weight is 262 g/mol. The molecular weight excluding hydrogens is 240 g/mol. The van der Waals surface area contributed by atoms with Crippen LogP contribution in [-0.4, -0.2) is 44.1 Å². The van der Waals surface area contributed by atoms with E-state index in [1.54, 1.807) is 19.2 Å². The number of amides is 1. The maximum atomic E-state index is 12.0. The van der Waals surface area contributed by atoms with Gasteiger partial charge in [0.25, 0.3) is 5.91 Å². The van der Waals surface area contributed by atoms with Gasteiger partial charge in [-0.25, -0.2) is 0 Å². The van der Waals surface area contributed by atoms with Gasteiger partial charge in [0.05, 0.1) is 12.7 Å². The molecule has 0 bridgehead atoms. The van der Waals surface area contributed by atoms with Crippen LogP contribution in [0.3, 0.4) is 0 Å². The van der Waals surface area contributed by atoms with Crippen molar-refractivity contribution >= 4 is 5.91 Å². The predicted molar refractivity (Wildman–Crippen MR) is 75.6 cm³/mol. The summed E-state index contributed by atoms with van der Waals surface area (Å²) in [6.45, 7) is 4.21. The highest BCUT2D eigenvalue weighted by Crippen LogP contribution is 2.16. The molecule has 1 amide bonds. The summed E-state index contributed by atoms with van der Waals surface area (Å²) in [7, 11) is 1.58. The first kappa shape index (κ1) is 13.9. The fourth-order valence-electron chi connectivity index (χ4n) is 2.44. The second-order valence-corrected chi connectivity index (χ2v) is 4.86. The smallest absolute Gasteiger partial charge is 0.255 e. The number of hydrogen-bond acceptors (Lipinski definition) is 3. The second-order valence-electron chi connectivity index (χ2n) is 4.86. The van der Waals surface area contributed by atoms with Crippen LogP contribution in [0.15, 0.2) is 24.3 Å². The molecule has 0 atom stereocenters. The molecule has 1 aliphatic heterocycles. The first-order valence-corrected chi connectivity index (χ1v) is 6.95. The van der Waals surface area contributed by atoms with Crippen molar-refractivity contribution < 1.29 is 9.53 Å². The van der Waals surface area contributed by atoms with Gasteiger partial charge >= 0.3 is 0 Å². The molecule has 1 aliphatic rings. The lowest BCUT2D eigenvalue weighted by Gasteiger charge is -2.14. The predicted octanol–water partition coefficient (Wildman–Crippen LogP) is 1.91. The Hall–Kier alpha value is -1.55. The van der Waals surface area contributed by atoms with Gasteiger partial charge in [-0.15, -0.1) is 0 Å². The summed E-state index contributed by atoms with van der Waals surface area (Å²) >= 11 is 0. The molecule has 1 heterocycles. The maximum Gasteiger partial charge on any atom is 0.255 e. The number of carbonyl (C=O) groups excluding carboxylic acids is 1. The highest BCUT2D eigenvalue weighted by atomic mass is 16.5. The van der Waals surface area contributed by atoms with E-state index in [1.165, 1.54) is 25.9 Å². The molecule has 0 saturated carbocycles. The highest BCUT2D eigenvalue weighted by molar-refractivity contribution is 5.96. The maximum absolute atomic E-state index is 12.0. The summed E-state index contributed by atoms with van der Waals surface area (Å²) in [5.74, 6) is 0.568. The van der Waals surface area contributed by atoms with Gasteiger partial charge in [0.1, 0.15) is 5.75 Å².